The molecule has 0 fully saturated rings. The number of amides is 1. The van der Waals surface area contributed by atoms with Gasteiger partial charge in [0, 0.05) is 23.2 Å². The summed E-state index contributed by atoms with van der Waals surface area (Å²) in [5.41, 5.74) is 0.633. The topological polar surface area (TPSA) is 40.5 Å². The molecular formula is C20H29NO2. The maximum atomic E-state index is 12.5. The molecule has 0 saturated carbocycles. The summed E-state index contributed by atoms with van der Waals surface area (Å²) in [6.07, 6.45) is 0.800. The Kier molecular flexibility index (Phi) is 7.20. The normalized spacial score (nSPS) is 18.3. The zero-order chi connectivity index (χ0) is 14.2. The Morgan fingerprint density at radius 2 is 1.52 bits per heavy atom. The van der Waals surface area contributed by atoms with Crippen LogP contribution >= 0.6 is 0 Å². The number of benzene rings is 2. The summed E-state index contributed by atoms with van der Waals surface area (Å²) >= 11 is 0. The van der Waals surface area contributed by atoms with Crippen molar-refractivity contribution >= 4 is 5.91 Å². The van der Waals surface area contributed by atoms with Gasteiger partial charge in [-0.25, -0.2) is 0 Å². The minimum absolute atomic E-state index is 0. The summed E-state index contributed by atoms with van der Waals surface area (Å²) < 4.78 is 0. The molecule has 1 aliphatic rings. The molecule has 0 spiro atoms. The summed E-state index contributed by atoms with van der Waals surface area (Å²) in [5.74, 6) is -0.103. The summed E-state index contributed by atoms with van der Waals surface area (Å²) in [6, 6.07) is 16.7. The van der Waals surface area contributed by atoms with E-state index >= 15 is 0 Å². The van der Waals surface area contributed by atoms with Crippen LogP contribution in [0.4, 0.5) is 0 Å². The second kappa shape index (κ2) is 7.93. The van der Waals surface area contributed by atoms with Gasteiger partial charge in [0.2, 0.25) is 0 Å². The van der Waals surface area contributed by atoms with Crippen molar-refractivity contribution in [2.24, 2.45) is 0 Å². The van der Waals surface area contributed by atoms with Crippen molar-refractivity contribution in [1.82, 2.24) is 4.90 Å². The van der Waals surface area contributed by atoms with Crippen LogP contribution in [-0.2, 0) is 5.72 Å². The van der Waals surface area contributed by atoms with E-state index in [1.807, 2.05) is 55.5 Å². The van der Waals surface area contributed by atoms with Crippen molar-refractivity contribution in [2.45, 2.75) is 41.3 Å². The van der Waals surface area contributed by atoms with Gasteiger partial charge in [-0.15, -0.1) is 0 Å². The van der Waals surface area contributed by atoms with Crippen molar-refractivity contribution < 1.29 is 9.90 Å². The minimum Gasteiger partial charge on any atom is -0.363 e. The summed E-state index contributed by atoms with van der Waals surface area (Å²) in [5, 5.41) is 11.3. The van der Waals surface area contributed by atoms with Crippen LogP contribution in [0.2, 0.25) is 0 Å². The molecule has 2 aromatic rings. The Labute approximate surface area is 140 Å². The number of hydrogen-bond donors (Lipinski definition) is 1. The Bertz CT molecular complexity index is 639. The molecule has 3 rings (SSSR count). The molecule has 3 nitrogen and oxygen atoms in total. The van der Waals surface area contributed by atoms with Crippen LogP contribution in [0.15, 0.2) is 54.6 Å². The van der Waals surface area contributed by atoms with Gasteiger partial charge in [-0.3, -0.25) is 4.79 Å². The summed E-state index contributed by atoms with van der Waals surface area (Å²) in [6.45, 7) is 2.53. The van der Waals surface area contributed by atoms with E-state index in [-0.39, 0.29) is 28.2 Å². The van der Waals surface area contributed by atoms with E-state index in [1.54, 1.807) is 11.0 Å². The lowest BCUT2D eigenvalue weighted by atomic mass is 9.94. The summed E-state index contributed by atoms with van der Waals surface area (Å²) in [4.78, 5) is 14.1. The van der Waals surface area contributed by atoms with Crippen molar-refractivity contribution in [2.75, 3.05) is 6.54 Å². The first-order valence-electron chi connectivity index (χ1n) is 6.89. The highest BCUT2D eigenvalue weighted by molar-refractivity contribution is 6.00. The van der Waals surface area contributed by atoms with Crippen molar-refractivity contribution in [3.8, 4) is 0 Å². The highest BCUT2D eigenvalue weighted by atomic mass is 16.3. The van der Waals surface area contributed by atoms with Gasteiger partial charge < -0.3 is 10.0 Å². The Morgan fingerprint density at radius 1 is 0.957 bits per heavy atom. The molecule has 23 heavy (non-hydrogen) atoms. The van der Waals surface area contributed by atoms with E-state index in [0.29, 0.717) is 17.7 Å². The van der Waals surface area contributed by atoms with Gasteiger partial charge >= 0.3 is 0 Å². The van der Waals surface area contributed by atoms with Crippen LogP contribution in [0, 0.1) is 0 Å². The minimum atomic E-state index is -1.36. The van der Waals surface area contributed by atoms with E-state index in [0.717, 1.165) is 12.0 Å². The Hall–Kier alpha value is -2.13. The van der Waals surface area contributed by atoms with Crippen molar-refractivity contribution in [1.29, 1.82) is 0 Å². The smallest absolute Gasteiger partial charge is 0.257 e. The quantitative estimate of drug-likeness (QED) is 0.895. The lowest BCUT2D eigenvalue weighted by molar-refractivity contribution is -0.0498. The molecule has 0 aliphatic carbocycles. The number of carbonyl (C=O) groups is 1. The average Bonchev–Trinajstić information content (AvgIpc) is 2.72. The molecule has 0 saturated heterocycles. The lowest BCUT2D eigenvalue weighted by Crippen LogP contribution is -2.45. The third-order valence-corrected chi connectivity index (χ3v) is 3.79. The van der Waals surface area contributed by atoms with Gasteiger partial charge in [-0.2, -0.15) is 0 Å². The molecule has 1 N–H and O–H groups in total. The molecule has 1 unspecified atom stereocenters. The van der Waals surface area contributed by atoms with Gasteiger partial charge in [-0.1, -0.05) is 77.7 Å². The molecule has 0 bridgehead atoms. The fraction of sp³-hybridized carbons (Fsp3) is 0.350. The van der Waals surface area contributed by atoms with Crippen LogP contribution in [0.3, 0.4) is 0 Å². The first-order chi connectivity index (χ1) is 9.69. The van der Waals surface area contributed by atoms with Gasteiger partial charge in [-0.05, 0) is 12.5 Å². The average molecular weight is 315 g/mol. The van der Waals surface area contributed by atoms with Gasteiger partial charge in [0.1, 0.15) is 0 Å². The fourth-order valence-electron chi connectivity index (χ4n) is 2.88. The SMILES string of the molecule is C.C.C.CCCN1C(=O)c2ccccc2C1(O)c1ccccc1. The molecule has 1 amide bonds. The largest absolute Gasteiger partial charge is 0.363 e. The van der Waals surface area contributed by atoms with Crippen molar-refractivity contribution in [3.05, 3.63) is 71.3 Å². The Balaban J connectivity index is 0.00000161. The second-order valence-electron chi connectivity index (χ2n) is 5.04. The van der Waals surface area contributed by atoms with E-state index in [2.05, 4.69) is 0 Å². The van der Waals surface area contributed by atoms with E-state index in [4.69, 9.17) is 0 Å². The molecule has 1 atom stereocenters. The first-order valence-corrected chi connectivity index (χ1v) is 6.89. The number of carbonyl (C=O) groups excluding carboxylic acids is 1. The van der Waals surface area contributed by atoms with Crippen LogP contribution < -0.4 is 0 Å². The van der Waals surface area contributed by atoms with Gasteiger partial charge in [0.25, 0.3) is 5.91 Å². The number of hydrogen-bond acceptors (Lipinski definition) is 2. The fourth-order valence-corrected chi connectivity index (χ4v) is 2.88. The zero-order valence-electron chi connectivity index (χ0n) is 11.4. The highest BCUT2D eigenvalue weighted by Crippen LogP contribution is 2.41. The maximum absolute atomic E-state index is 12.5. The molecule has 1 aliphatic heterocycles. The highest BCUT2D eigenvalue weighted by Gasteiger charge is 2.48. The Morgan fingerprint density at radius 3 is 2.13 bits per heavy atom. The van der Waals surface area contributed by atoms with Crippen molar-refractivity contribution in [3.63, 3.8) is 0 Å². The van der Waals surface area contributed by atoms with E-state index < -0.39 is 5.72 Å². The maximum Gasteiger partial charge on any atom is 0.257 e. The van der Waals surface area contributed by atoms with Crippen LogP contribution in [0.1, 0.15) is 57.1 Å². The molecule has 0 radical (unpaired) electrons. The van der Waals surface area contributed by atoms with E-state index in [9.17, 15) is 9.90 Å². The first kappa shape index (κ1) is 20.9. The third-order valence-electron chi connectivity index (χ3n) is 3.79. The molecule has 1 heterocycles. The van der Waals surface area contributed by atoms with Crippen LogP contribution in [0.5, 0.6) is 0 Å². The molecular weight excluding hydrogens is 286 g/mol. The van der Waals surface area contributed by atoms with Gasteiger partial charge in [0.15, 0.2) is 5.72 Å². The number of rotatable bonds is 3. The van der Waals surface area contributed by atoms with E-state index in [1.165, 1.54) is 0 Å². The van der Waals surface area contributed by atoms with Crippen LogP contribution in [-0.4, -0.2) is 22.5 Å². The summed E-state index contributed by atoms with van der Waals surface area (Å²) in [7, 11) is 0. The molecule has 3 heteroatoms. The van der Waals surface area contributed by atoms with Crippen LogP contribution in [0.25, 0.3) is 0 Å². The number of fused-ring (bicyclic) bond motifs is 1. The van der Waals surface area contributed by atoms with Gasteiger partial charge in [0.05, 0.1) is 0 Å². The monoisotopic (exact) mass is 315 g/mol. The number of aliphatic hydroxyl groups is 1. The second-order valence-corrected chi connectivity index (χ2v) is 5.04. The molecule has 126 valence electrons. The standard InChI is InChI=1S/C17H17NO2.3CH4/c1-2-12-18-16(19)14-10-6-7-11-15(14)17(18,20)13-8-4-3-5-9-13;;;/h3-11,20H,2,12H2,1H3;3*1H4. The zero-order valence-corrected chi connectivity index (χ0v) is 11.4. The number of nitrogens with zero attached hydrogens (tertiary/aromatic N) is 1. The lowest BCUT2D eigenvalue weighted by Gasteiger charge is -2.34. The predicted molar refractivity (Wildman–Crippen MR) is 97.4 cm³/mol. The molecule has 0 aromatic heterocycles. The molecule has 2 aromatic carbocycles. The predicted octanol–water partition coefficient (Wildman–Crippen LogP) is 4.65. The third kappa shape index (κ3) is 3.02.